The first-order valence-corrected chi connectivity index (χ1v) is 7.21. The second kappa shape index (κ2) is 6.83. The number of rotatable bonds is 4. The highest BCUT2D eigenvalue weighted by atomic mass is 35.5. The van der Waals surface area contributed by atoms with Crippen LogP contribution in [0.5, 0.6) is 11.5 Å². The van der Waals surface area contributed by atoms with E-state index >= 15 is 0 Å². The Hall–Kier alpha value is -1.44. The number of methoxy groups -OCH3 is 1. The number of hydrogen-bond donors (Lipinski definition) is 1. The number of ether oxygens (including phenoxy) is 2. The molecule has 108 valence electrons. The van der Waals surface area contributed by atoms with Crippen LogP contribution in [0.15, 0.2) is 12.1 Å². The lowest BCUT2D eigenvalue weighted by Crippen LogP contribution is -2.44. The van der Waals surface area contributed by atoms with Crippen molar-refractivity contribution in [1.29, 1.82) is 5.26 Å². The summed E-state index contributed by atoms with van der Waals surface area (Å²) in [5, 5.41) is 12.8. The van der Waals surface area contributed by atoms with Gasteiger partial charge in [-0.05, 0) is 32.4 Å². The molecule has 1 aromatic carbocycles. The predicted molar refractivity (Wildman–Crippen MR) is 78.5 cm³/mol. The Balaban J connectivity index is 2.17. The van der Waals surface area contributed by atoms with Gasteiger partial charge in [-0.2, -0.15) is 5.26 Å². The van der Waals surface area contributed by atoms with Crippen LogP contribution in [0.2, 0.25) is 5.02 Å². The number of benzene rings is 1. The van der Waals surface area contributed by atoms with Crippen LogP contribution in [-0.2, 0) is 0 Å². The van der Waals surface area contributed by atoms with Gasteiger partial charge in [0.1, 0.15) is 6.10 Å². The highest BCUT2D eigenvalue weighted by Gasteiger charge is 2.23. The molecule has 5 heteroatoms. The number of piperidine rings is 1. The molecule has 2 rings (SSSR count). The van der Waals surface area contributed by atoms with E-state index in [-0.39, 0.29) is 6.10 Å². The van der Waals surface area contributed by atoms with Crippen molar-refractivity contribution >= 4 is 11.6 Å². The van der Waals surface area contributed by atoms with Crippen molar-refractivity contribution in [2.45, 2.75) is 38.3 Å². The molecule has 1 N–H and O–H groups in total. The summed E-state index contributed by atoms with van der Waals surface area (Å²) >= 11 is 6.20. The Morgan fingerprint density at radius 2 is 2.25 bits per heavy atom. The molecule has 0 spiro atoms. The zero-order valence-corrected chi connectivity index (χ0v) is 12.5. The van der Waals surface area contributed by atoms with Gasteiger partial charge in [-0.1, -0.05) is 18.0 Å². The quantitative estimate of drug-likeness (QED) is 0.927. The molecule has 0 aliphatic carbocycles. The van der Waals surface area contributed by atoms with Crippen molar-refractivity contribution in [1.82, 2.24) is 5.32 Å². The third-order valence-corrected chi connectivity index (χ3v) is 3.86. The van der Waals surface area contributed by atoms with Gasteiger partial charge in [0.15, 0.2) is 11.5 Å². The number of nitrogens with zero attached hydrogens (tertiary/aromatic N) is 1. The molecule has 20 heavy (non-hydrogen) atoms. The van der Waals surface area contributed by atoms with Crippen molar-refractivity contribution in [2.24, 2.45) is 0 Å². The van der Waals surface area contributed by atoms with Crippen molar-refractivity contribution in [2.75, 3.05) is 13.7 Å². The minimum Gasteiger partial charge on any atom is -0.493 e. The lowest BCUT2D eigenvalue weighted by atomic mass is 10.0. The molecule has 0 amide bonds. The Bertz CT molecular complexity index is 507. The van der Waals surface area contributed by atoms with Gasteiger partial charge in [0.25, 0.3) is 0 Å². The molecule has 4 nitrogen and oxygen atoms in total. The maximum absolute atomic E-state index is 8.94. The highest BCUT2D eigenvalue weighted by molar-refractivity contribution is 6.32. The summed E-state index contributed by atoms with van der Waals surface area (Å²) in [5.41, 5.74) is 0.461. The number of hydrogen-bond acceptors (Lipinski definition) is 4. The fraction of sp³-hybridized carbons (Fsp3) is 0.533. The molecule has 0 aromatic heterocycles. The molecule has 1 aliphatic rings. The molecular formula is C15H19ClN2O2. The van der Waals surface area contributed by atoms with Gasteiger partial charge in [-0.25, -0.2) is 0 Å². The van der Waals surface area contributed by atoms with Crippen LogP contribution in [0.4, 0.5) is 0 Å². The molecule has 0 radical (unpaired) electrons. The fourth-order valence-electron chi connectivity index (χ4n) is 2.45. The lowest BCUT2D eigenvalue weighted by molar-refractivity contribution is 0.148. The summed E-state index contributed by atoms with van der Waals surface area (Å²) in [6.07, 6.45) is 3.51. The standard InChI is InChI=1S/C15H19ClN2O2/c1-10(13-5-3-4-6-18-13)20-15-12(16)7-11(9-17)8-14(15)19-2/h7-8,10,13,18H,3-6H2,1-2H3. The van der Waals surface area contributed by atoms with Gasteiger partial charge in [-0.15, -0.1) is 0 Å². The van der Waals surface area contributed by atoms with Gasteiger partial charge in [0.05, 0.1) is 23.8 Å². The number of nitrogens with one attached hydrogen (secondary N) is 1. The highest BCUT2D eigenvalue weighted by Crippen LogP contribution is 2.37. The topological polar surface area (TPSA) is 54.3 Å². The average Bonchev–Trinajstić information content (AvgIpc) is 2.49. The van der Waals surface area contributed by atoms with Gasteiger partial charge in [-0.3, -0.25) is 0 Å². The molecule has 1 aliphatic heterocycles. The first-order chi connectivity index (χ1) is 9.65. The van der Waals surface area contributed by atoms with E-state index in [1.807, 2.05) is 6.92 Å². The van der Waals surface area contributed by atoms with E-state index < -0.39 is 0 Å². The minimum absolute atomic E-state index is 0.00497. The SMILES string of the molecule is COc1cc(C#N)cc(Cl)c1OC(C)C1CCCCN1. The third kappa shape index (κ3) is 3.36. The van der Waals surface area contributed by atoms with Crippen molar-refractivity contribution in [3.8, 4) is 17.6 Å². The van der Waals surface area contributed by atoms with Crippen LogP contribution in [-0.4, -0.2) is 25.8 Å². The van der Waals surface area contributed by atoms with Gasteiger partial charge >= 0.3 is 0 Å². The van der Waals surface area contributed by atoms with Crippen molar-refractivity contribution in [3.63, 3.8) is 0 Å². The van der Waals surface area contributed by atoms with E-state index in [9.17, 15) is 0 Å². The molecule has 1 heterocycles. The monoisotopic (exact) mass is 294 g/mol. The van der Waals surface area contributed by atoms with Crippen molar-refractivity contribution < 1.29 is 9.47 Å². The lowest BCUT2D eigenvalue weighted by Gasteiger charge is -2.30. The fourth-order valence-corrected chi connectivity index (χ4v) is 2.70. The summed E-state index contributed by atoms with van der Waals surface area (Å²) in [6, 6.07) is 5.61. The zero-order chi connectivity index (χ0) is 14.5. The summed E-state index contributed by atoms with van der Waals surface area (Å²) in [5.74, 6) is 1.00. The van der Waals surface area contributed by atoms with Crippen molar-refractivity contribution in [3.05, 3.63) is 22.7 Å². The number of nitriles is 1. The molecule has 1 aromatic rings. The van der Waals surface area contributed by atoms with E-state index in [1.54, 1.807) is 19.2 Å². The van der Waals surface area contributed by atoms with Gasteiger partial charge in [0.2, 0.25) is 0 Å². The van der Waals surface area contributed by atoms with Crippen LogP contribution in [0.3, 0.4) is 0 Å². The molecule has 1 saturated heterocycles. The molecule has 2 unspecified atom stereocenters. The molecule has 2 atom stereocenters. The second-order valence-electron chi connectivity index (χ2n) is 4.98. The molecule has 0 saturated carbocycles. The Morgan fingerprint density at radius 1 is 1.45 bits per heavy atom. The van der Waals surface area contributed by atoms with Gasteiger partial charge < -0.3 is 14.8 Å². The zero-order valence-electron chi connectivity index (χ0n) is 11.8. The summed E-state index contributed by atoms with van der Waals surface area (Å²) in [6.45, 7) is 3.05. The van der Waals surface area contributed by atoms with E-state index in [2.05, 4.69) is 11.4 Å². The summed E-state index contributed by atoms with van der Waals surface area (Å²) in [4.78, 5) is 0. The van der Waals surface area contributed by atoms with E-state index in [0.29, 0.717) is 28.1 Å². The smallest absolute Gasteiger partial charge is 0.180 e. The molecule has 1 fully saturated rings. The molecular weight excluding hydrogens is 276 g/mol. The maximum atomic E-state index is 8.94. The first-order valence-electron chi connectivity index (χ1n) is 6.83. The van der Waals surface area contributed by atoms with E-state index in [0.717, 1.165) is 13.0 Å². The van der Waals surface area contributed by atoms with Crippen LogP contribution in [0.25, 0.3) is 0 Å². The van der Waals surface area contributed by atoms with E-state index in [4.69, 9.17) is 26.3 Å². The third-order valence-electron chi connectivity index (χ3n) is 3.58. The largest absolute Gasteiger partial charge is 0.493 e. The minimum atomic E-state index is -0.00497. The van der Waals surface area contributed by atoms with Crippen LogP contribution in [0.1, 0.15) is 31.7 Å². The molecule has 0 bridgehead atoms. The first kappa shape index (κ1) is 15.0. The summed E-state index contributed by atoms with van der Waals surface area (Å²) in [7, 11) is 1.54. The number of halogens is 1. The Labute approximate surface area is 124 Å². The Kier molecular flexibility index (Phi) is 5.11. The summed E-state index contributed by atoms with van der Waals surface area (Å²) < 4.78 is 11.3. The Morgan fingerprint density at radius 3 is 2.85 bits per heavy atom. The maximum Gasteiger partial charge on any atom is 0.180 e. The van der Waals surface area contributed by atoms with Crippen LogP contribution >= 0.6 is 11.6 Å². The van der Waals surface area contributed by atoms with Crippen LogP contribution < -0.4 is 14.8 Å². The average molecular weight is 295 g/mol. The normalized spacial score (nSPS) is 20.0. The van der Waals surface area contributed by atoms with E-state index in [1.165, 1.54) is 12.8 Å². The van der Waals surface area contributed by atoms with Crippen LogP contribution in [0, 0.1) is 11.3 Å². The predicted octanol–water partition coefficient (Wildman–Crippen LogP) is 3.13. The second-order valence-corrected chi connectivity index (χ2v) is 5.39. The van der Waals surface area contributed by atoms with Gasteiger partial charge in [0, 0.05) is 12.1 Å².